The van der Waals surface area contributed by atoms with Gasteiger partial charge in [0.2, 0.25) is 0 Å². The molecule has 0 radical (unpaired) electrons. The van der Waals surface area contributed by atoms with E-state index in [4.69, 9.17) is 0 Å². The van der Waals surface area contributed by atoms with Gasteiger partial charge in [0.1, 0.15) is 0 Å². The number of hydrogen-bond acceptors (Lipinski definition) is 4. The Morgan fingerprint density at radius 1 is 0.420 bits per heavy atom. The number of rotatable bonds is 12. The van der Waals surface area contributed by atoms with Gasteiger partial charge in [0, 0.05) is 103 Å². The third kappa shape index (κ3) is 5.55. The molecular formula is C44H40N2O4. The summed E-state index contributed by atoms with van der Waals surface area (Å²) in [5.74, 6) is -0.129. The van der Waals surface area contributed by atoms with E-state index in [2.05, 4.69) is 23.0 Å². The van der Waals surface area contributed by atoms with Crippen molar-refractivity contribution in [2.75, 3.05) is 0 Å². The highest BCUT2D eigenvalue weighted by Gasteiger charge is 2.20. The molecule has 0 bridgehead atoms. The van der Waals surface area contributed by atoms with Gasteiger partial charge in [-0.25, -0.2) is 0 Å². The second kappa shape index (κ2) is 13.4. The predicted octanol–water partition coefficient (Wildman–Crippen LogP) is 10.4. The van der Waals surface area contributed by atoms with Crippen LogP contribution in [0.2, 0.25) is 0 Å². The molecule has 2 aromatic heterocycles. The maximum Gasteiger partial charge on any atom is 0.193 e. The highest BCUT2D eigenvalue weighted by Crippen LogP contribution is 2.33. The number of nitrogens with zero attached hydrogens (tertiary/aromatic N) is 2. The standard InChI is InChI=1S/C44H40N2O4/c1-5-10-41(47)27-14-18-37-33(23-27)35-25-31(16-20-39(35)45(37)7-3)43(49)29-12-9-13-30(22-29)44(50)32-17-21-40-36(26-32)34-24-28(42(48)11-6-2)15-19-38(34)46(40)8-4/h9,12-26H,5-8,10-11H2,1-4H3. The van der Waals surface area contributed by atoms with Gasteiger partial charge in [-0.15, -0.1) is 0 Å². The molecule has 0 saturated carbocycles. The van der Waals surface area contributed by atoms with Crippen LogP contribution in [-0.2, 0) is 13.1 Å². The van der Waals surface area contributed by atoms with Crippen LogP contribution in [0.1, 0.15) is 106 Å². The summed E-state index contributed by atoms with van der Waals surface area (Å²) in [5.41, 5.74) is 7.31. The molecule has 7 aromatic rings. The minimum atomic E-state index is -0.178. The van der Waals surface area contributed by atoms with Crippen LogP contribution in [0, 0.1) is 0 Å². The molecule has 5 aromatic carbocycles. The molecule has 0 saturated heterocycles. The molecule has 0 aliphatic rings. The minimum absolute atomic E-state index is 0.114. The number of aryl methyl sites for hydroxylation is 2. The maximum atomic E-state index is 14.0. The zero-order valence-electron chi connectivity index (χ0n) is 29.0. The summed E-state index contributed by atoms with van der Waals surface area (Å²) in [6.07, 6.45) is 2.56. The Morgan fingerprint density at radius 3 is 1.08 bits per heavy atom. The van der Waals surface area contributed by atoms with E-state index in [1.807, 2.05) is 86.6 Å². The molecule has 0 aliphatic carbocycles. The van der Waals surface area contributed by atoms with Crippen LogP contribution in [0.4, 0.5) is 0 Å². The lowest BCUT2D eigenvalue weighted by atomic mass is 9.95. The van der Waals surface area contributed by atoms with Crippen LogP contribution in [0.3, 0.4) is 0 Å². The third-order valence-electron chi connectivity index (χ3n) is 9.87. The maximum absolute atomic E-state index is 14.0. The minimum Gasteiger partial charge on any atom is -0.341 e. The Morgan fingerprint density at radius 2 is 0.740 bits per heavy atom. The number of carbonyl (C=O) groups is 4. The van der Waals surface area contributed by atoms with E-state index in [1.54, 1.807) is 24.3 Å². The number of carbonyl (C=O) groups excluding carboxylic acids is 4. The topological polar surface area (TPSA) is 78.1 Å². The molecule has 50 heavy (non-hydrogen) atoms. The lowest BCUT2D eigenvalue weighted by molar-refractivity contribution is 0.0974. The summed E-state index contributed by atoms with van der Waals surface area (Å²) >= 11 is 0. The molecule has 250 valence electrons. The van der Waals surface area contributed by atoms with Gasteiger partial charge in [0.25, 0.3) is 0 Å². The largest absolute Gasteiger partial charge is 0.341 e. The predicted molar refractivity (Wildman–Crippen MR) is 202 cm³/mol. The summed E-state index contributed by atoms with van der Waals surface area (Å²) in [7, 11) is 0. The van der Waals surface area contributed by atoms with Gasteiger partial charge in [-0.2, -0.15) is 0 Å². The zero-order valence-corrected chi connectivity index (χ0v) is 29.0. The lowest BCUT2D eigenvalue weighted by Gasteiger charge is -2.07. The van der Waals surface area contributed by atoms with Crippen molar-refractivity contribution >= 4 is 66.7 Å². The van der Waals surface area contributed by atoms with Crippen molar-refractivity contribution in [3.05, 3.63) is 130 Å². The van der Waals surface area contributed by atoms with Gasteiger partial charge in [0.05, 0.1) is 0 Å². The fourth-order valence-electron chi connectivity index (χ4n) is 7.40. The number of benzene rings is 5. The van der Waals surface area contributed by atoms with Gasteiger partial charge < -0.3 is 9.13 Å². The quantitative estimate of drug-likeness (QED) is 0.122. The van der Waals surface area contributed by atoms with Crippen molar-refractivity contribution in [1.82, 2.24) is 9.13 Å². The summed E-state index contributed by atoms with van der Waals surface area (Å²) < 4.78 is 4.40. The fraction of sp³-hybridized carbons (Fsp3) is 0.227. The number of ketones is 4. The van der Waals surface area contributed by atoms with Crippen LogP contribution in [0.25, 0.3) is 43.6 Å². The van der Waals surface area contributed by atoms with E-state index in [0.717, 1.165) is 69.5 Å². The van der Waals surface area contributed by atoms with Crippen molar-refractivity contribution in [1.29, 1.82) is 0 Å². The van der Waals surface area contributed by atoms with E-state index in [1.165, 1.54) is 0 Å². The van der Waals surface area contributed by atoms with E-state index >= 15 is 0 Å². The Kier molecular flexibility index (Phi) is 8.79. The van der Waals surface area contributed by atoms with Crippen molar-refractivity contribution in [3.63, 3.8) is 0 Å². The molecule has 0 unspecified atom stereocenters. The number of aromatic nitrogens is 2. The van der Waals surface area contributed by atoms with Gasteiger partial charge in [-0.05, 0) is 106 Å². The molecule has 0 N–H and O–H groups in total. The monoisotopic (exact) mass is 660 g/mol. The molecule has 0 fully saturated rings. The first kappa shape index (κ1) is 32.9. The summed E-state index contributed by atoms with van der Waals surface area (Å²) in [6, 6.07) is 30.0. The highest BCUT2D eigenvalue weighted by molar-refractivity contribution is 6.18. The molecule has 2 heterocycles. The highest BCUT2D eigenvalue weighted by atomic mass is 16.1. The van der Waals surface area contributed by atoms with Crippen molar-refractivity contribution < 1.29 is 19.2 Å². The molecule has 0 amide bonds. The van der Waals surface area contributed by atoms with Gasteiger partial charge in [-0.1, -0.05) is 32.0 Å². The van der Waals surface area contributed by atoms with E-state index in [0.29, 0.717) is 46.2 Å². The number of fused-ring (bicyclic) bond motifs is 6. The smallest absolute Gasteiger partial charge is 0.193 e. The van der Waals surface area contributed by atoms with Crippen molar-refractivity contribution in [2.24, 2.45) is 0 Å². The molecule has 0 spiro atoms. The Balaban J connectivity index is 1.25. The van der Waals surface area contributed by atoms with Crippen LogP contribution in [0.5, 0.6) is 0 Å². The zero-order chi connectivity index (χ0) is 35.1. The normalized spacial score (nSPS) is 11.6. The molecule has 6 nitrogen and oxygen atoms in total. The van der Waals surface area contributed by atoms with Crippen LogP contribution in [-0.4, -0.2) is 32.3 Å². The number of Topliss-reactive ketones (excluding diaryl/α,β-unsaturated/α-hetero) is 2. The Hall–Kier alpha value is -5.62. The van der Waals surface area contributed by atoms with Gasteiger partial charge in [-0.3, -0.25) is 19.2 Å². The molecular weight excluding hydrogens is 620 g/mol. The molecule has 0 atom stereocenters. The first-order chi connectivity index (χ1) is 24.3. The average molecular weight is 661 g/mol. The van der Waals surface area contributed by atoms with Crippen molar-refractivity contribution in [2.45, 2.75) is 66.5 Å². The van der Waals surface area contributed by atoms with E-state index in [9.17, 15) is 19.2 Å². The first-order valence-corrected chi connectivity index (χ1v) is 17.7. The number of hydrogen-bond donors (Lipinski definition) is 0. The SMILES string of the molecule is CCCC(=O)c1ccc2c(c1)c1cc(C(=O)c3cccc(C(=O)c4ccc5c(c4)c4cc(C(=O)CCC)ccc4n5CC)c3)ccc1n2CC. The summed E-state index contributed by atoms with van der Waals surface area (Å²) in [5, 5.41) is 3.74. The molecule has 6 heteroatoms. The summed E-state index contributed by atoms with van der Waals surface area (Å²) in [4.78, 5) is 53.4. The van der Waals surface area contributed by atoms with E-state index < -0.39 is 0 Å². The second-order valence-corrected chi connectivity index (χ2v) is 13.0. The Labute approximate surface area is 291 Å². The second-order valence-electron chi connectivity index (χ2n) is 13.0. The third-order valence-corrected chi connectivity index (χ3v) is 9.87. The summed E-state index contributed by atoms with van der Waals surface area (Å²) in [6.45, 7) is 9.67. The Bertz CT molecular complexity index is 2340. The lowest BCUT2D eigenvalue weighted by Crippen LogP contribution is -2.06. The van der Waals surface area contributed by atoms with Crippen LogP contribution < -0.4 is 0 Å². The van der Waals surface area contributed by atoms with Crippen LogP contribution in [0.15, 0.2) is 97.1 Å². The first-order valence-electron chi connectivity index (χ1n) is 17.7. The van der Waals surface area contributed by atoms with Crippen LogP contribution >= 0.6 is 0 Å². The van der Waals surface area contributed by atoms with Crippen molar-refractivity contribution in [3.8, 4) is 0 Å². The van der Waals surface area contributed by atoms with Gasteiger partial charge >= 0.3 is 0 Å². The average Bonchev–Trinajstić information content (AvgIpc) is 3.64. The fourth-order valence-corrected chi connectivity index (χ4v) is 7.40. The van der Waals surface area contributed by atoms with E-state index in [-0.39, 0.29) is 23.1 Å². The molecule has 7 rings (SSSR count). The van der Waals surface area contributed by atoms with Gasteiger partial charge in [0.15, 0.2) is 23.1 Å². The molecule has 0 aliphatic heterocycles.